The van der Waals surface area contributed by atoms with E-state index in [0.29, 0.717) is 18.0 Å². The van der Waals surface area contributed by atoms with Crippen molar-refractivity contribution in [3.63, 3.8) is 0 Å². The summed E-state index contributed by atoms with van der Waals surface area (Å²) in [5.74, 6) is -0.836. The van der Waals surface area contributed by atoms with Gasteiger partial charge in [-0.3, -0.25) is 9.59 Å². The summed E-state index contributed by atoms with van der Waals surface area (Å²) in [5, 5.41) is 2.59. The van der Waals surface area contributed by atoms with Crippen molar-refractivity contribution >= 4 is 34.8 Å². The van der Waals surface area contributed by atoms with Crippen LogP contribution >= 0.6 is 22.9 Å². The van der Waals surface area contributed by atoms with Crippen molar-refractivity contribution in [2.75, 3.05) is 19.6 Å². The van der Waals surface area contributed by atoms with E-state index in [1.165, 1.54) is 21.9 Å². The third-order valence-electron chi connectivity index (χ3n) is 6.11. The number of rotatable bonds is 6. The Morgan fingerprint density at radius 3 is 2.53 bits per heavy atom. The number of hydrogen-bond acceptors (Lipinski definition) is 3. The van der Waals surface area contributed by atoms with Crippen LogP contribution in [-0.2, 0) is 17.4 Å². The topological polar surface area (TPSA) is 40.6 Å². The van der Waals surface area contributed by atoms with E-state index in [2.05, 4.69) is 0 Å². The Balaban J connectivity index is 1.62. The summed E-state index contributed by atoms with van der Waals surface area (Å²) in [7, 11) is 0. The van der Waals surface area contributed by atoms with E-state index in [9.17, 15) is 22.8 Å². The average Bonchev–Trinajstić information content (AvgIpc) is 3.31. The first-order valence-corrected chi connectivity index (χ1v) is 12.9. The quantitative estimate of drug-likeness (QED) is 0.353. The fraction of sp³-hybridized carbons (Fsp3) is 0.333. The molecule has 4 nitrogen and oxygen atoms in total. The number of benzene rings is 2. The molecule has 9 heteroatoms. The predicted octanol–water partition coefficient (Wildman–Crippen LogP) is 6.69. The molecule has 0 saturated carbocycles. The van der Waals surface area contributed by atoms with E-state index in [1.54, 1.807) is 28.4 Å². The van der Waals surface area contributed by atoms with E-state index in [1.807, 2.05) is 37.4 Å². The molecule has 2 aromatic carbocycles. The van der Waals surface area contributed by atoms with Crippen LogP contribution in [0, 0.1) is 5.92 Å². The third kappa shape index (κ3) is 5.76. The molecular formula is C27H26ClF3N2O2S. The summed E-state index contributed by atoms with van der Waals surface area (Å²) in [6.45, 7) is 4.28. The minimum absolute atomic E-state index is 0.0180. The first kappa shape index (κ1) is 26.2. The van der Waals surface area contributed by atoms with Gasteiger partial charge in [0.25, 0.3) is 5.91 Å². The lowest BCUT2D eigenvalue weighted by molar-refractivity contribution is -0.137. The normalized spacial score (nSPS) is 15.6. The highest BCUT2D eigenvalue weighted by atomic mass is 35.5. The van der Waals surface area contributed by atoms with Gasteiger partial charge in [0.05, 0.1) is 11.6 Å². The van der Waals surface area contributed by atoms with Gasteiger partial charge in [-0.15, -0.1) is 11.3 Å². The lowest BCUT2D eigenvalue weighted by Crippen LogP contribution is -2.47. The first-order chi connectivity index (χ1) is 17.0. The number of fused-ring (bicyclic) bond motifs is 1. The minimum atomic E-state index is -4.56. The molecule has 1 aliphatic rings. The molecule has 1 unspecified atom stereocenters. The van der Waals surface area contributed by atoms with Gasteiger partial charge in [0.1, 0.15) is 6.54 Å². The van der Waals surface area contributed by atoms with Crippen LogP contribution in [0.4, 0.5) is 13.2 Å². The fourth-order valence-electron chi connectivity index (χ4n) is 4.51. The van der Waals surface area contributed by atoms with E-state index in [0.717, 1.165) is 23.3 Å². The zero-order chi connectivity index (χ0) is 26.0. The molecule has 1 aliphatic heterocycles. The first-order valence-electron chi connectivity index (χ1n) is 11.6. The number of thiophene rings is 1. The number of amides is 2. The Hall–Kier alpha value is -2.84. The Morgan fingerprint density at radius 1 is 1.14 bits per heavy atom. The Morgan fingerprint density at radius 2 is 1.86 bits per heavy atom. The zero-order valence-electron chi connectivity index (χ0n) is 19.9. The van der Waals surface area contributed by atoms with E-state index < -0.39 is 17.6 Å². The molecular weight excluding hydrogens is 509 g/mol. The summed E-state index contributed by atoms with van der Waals surface area (Å²) >= 11 is 7.73. The second kappa shape index (κ2) is 10.6. The monoisotopic (exact) mass is 534 g/mol. The summed E-state index contributed by atoms with van der Waals surface area (Å²) < 4.78 is 39.7. The third-order valence-corrected chi connectivity index (χ3v) is 7.36. The van der Waals surface area contributed by atoms with Gasteiger partial charge in [0, 0.05) is 28.6 Å². The lowest BCUT2D eigenvalue weighted by atomic mass is 9.93. The van der Waals surface area contributed by atoms with Crippen LogP contribution in [0.15, 0.2) is 60.0 Å². The van der Waals surface area contributed by atoms with Crippen molar-refractivity contribution in [1.82, 2.24) is 9.80 Å². The van der Waals surface area contributed by atoms with Crippen LogP contribution in [0.3, 0.4) is 0 Å². The largest absolute Gasteiger partial charge is 0.416 e. The van der Waals surface area contributed by atoms with Crippen molar-refractivity contribution in [1.29, 1.82) is 0 Å². The Labute approximate surface area is 217 Å². The molecule has 0 spiro atoms. The molecule has 1 aromatic heterocycles. The van der Waals surface area contributed by atoms with E-state index in [4.69, 9.17) is 11.6 Å². The van der Waals surface area contributed by atoms with Crippen LogP contribution in [-0.4, -0.2) is 41.2 Å². The Kier molecular flexibility index (Phi) is 7.76. The van der Waals surface area contributed by atoms with E-state index in [-0.39, 0.29) is 36.5 Å². The molecule has 0 bridgehead atoms. The number of carbonyl (C=O) groups is 2. The maximum absolute atomic E-state index is 13.7. The lowest BCUT2D eigenvalue weighted by Gasteiger charge is -2.38. The molecule has 0 radical (unpaired) electrons. The second-order valence-electron chi connectivity index (χ2n) is 9.25. The molecule has 3 aromatic rings. The fourth-order valence-corrected chi connectivity index (χ4v) is 5.54. The van der Waals surface area contributed by atoms with Crippen LogP contribution in [0.2, 0.25) is 5.02 Å². The highest BCUT2D eigenvalue weighted by molar-refractivity contribution is 7.10. The SMILES string of the molecule is CC(C)CN(CC(=O)N1CCc2sccc2C1c1ccc(Cl)cc1)C(=O)c1cccc(C(F)(F)F)c1. The highest BCUT2D eigenvalue weighted by Crippen LogP contribution is 2.38. The maximum atomic E-state index is 13.7. The molecule has 36 heavy (non-hydrogen) atoms. The van der Waals surface area contributed by atoms with Crippen LogP contribution < -0.4 is 0 Å². The second-order valence-corrected chi connectivity index (χ2v) is 10.7. The van der Waals surface area contributed by atoms with Crippen LogP contribution in [0.5, 0.6) is 0 Å². The van der Waals surface area contributed by atoms with Crippen LogP contribution in [0.1, 0.15) is 51.8 Å². The number of halogens is 4. The molecule has 0 saturated heterocycles. The van der Waals surface area contributed by atoms with Crippen molar-refractivity contribution in [3.8, 4) is 0 Å². The van der Waals surface area contributed by atoms with Gasteiger partial charge >= 0.3 is 6.18 Å². The molecule has 190 valence electrons. The van der Waals surface area contributed by atoms with Gasteiger partial charge in [0.2, 0.25) is 5.91 Å². The van der Waals surface area contributed by atoms with Gasteiger partial charge in [-0.2, -0.15) is 13.2 Å². The molecule has 1 atom stereocenters. The predicted molar refractivity (Wildman–Crippen MR) is 135 cm³/mol. The zero-order valence-corrected chi connectivity index (χ0v) is 21.5. The standard InChI is InChI=1S/C27H26ClF3N2O2S/c1-17(2)15-32(26(35)19-4-3-5-20(14-19)27(29,30)31)16-24(34)33-12-10-23-22(11-13-36-23)25(33)18-6-8-21(28)9-7-18/h3-9,11,13-14,17,25H,10,12,15-16H2,1-2H3. The molecule has 0 aliphatic carbocycles. The molecule has 4 rings (SSSR count). The van der Waals surface area contributed by atoms with Crippen molar-refractivity contribution in [2.45, 2.75) is 32.5 Å². The van der Waals surface area contributed by atoms with E-state index >= 15 is 0 Å². The summed E-state index contributed by atoms with van der Waals surface area (Å²) in [6.07, 6.45) is -3.86. The van der Waals surface area contributed by atoms with Gasteiger partial charge < -0.3 is 9.80 Å². The molecule has 0 N–H and O–H groups in total. The van der Waals surface area contributed by atoms with Gasteiger partial charge in [-0.25, -0.2) is 0 Å². The van der Waals surface area contributed by atoms with Gasteiger partial charge in [0.15, 0.2) is 0 Å². The summed E-state index contributed by atoms with van der Waals surface area (Å²) in [4.78, 5) is 31.3. The van der Waals surface area contributed by atoms with Gasteiger partial charge in [-0.05, 0) is 65.2 Å². The number of alkyl halides is 3. The minimum Gasteiger partial charge on any atom is -0.330 e. The Bertz CT molecular complexity index is 1240. The van der Waals surface area contributed by atoms with Crippen molar-refractivity contribution in [3.05, 3.63) is 92.1 Å². The highest BCUT2D eigenvalue weighted by Gasteiger charge is 2.35. The summed E-state index contributed by atoms with van der Waals surface area (Å²) in [6, 6.07) is 13.4. The van der Waals surface area contributed by atoms with Crippen molar-refractivity contribution < 1.29 is 22.8 Å². The maximum Gasteiger partial charge on any atom is 0.416 e. The number of carbonyl (C=O) groups excluding carboxylic acids is 2. The van der Waals surface area contributed by atoms with Crippen molar-refractivity contribution in [2.24, 2.45) is 5.92 Å². The molecule has 0 fully saturated rings. The number of nitrogens with zero attached hydrogens (tertiary/aromatic N) is 2. The van der Waals surface area contributed by atoms with Gasteiger partial charge in [-0.1, -0.05) is 43.6 Å². The number of hydrogen-bond donors (Lipinski definition) is 0. The average molecular weight is 535 g/mol. The summed E-state index contributed by atoms with van der Waals surface area (Å²) in [5.41, 5.74) is 0.965. The smallest absolute Gasteiger partial charge is 0.330 e. The molecule has 2 heterocycles. The molecule has 2 amide bonds. The van der Waals surface area contributed by atoms with Crippen LogP contribution in [0.25, 0.3) is 0 Å².